The zero-order valence-electron chi connectivity index (χ0n) is 61.6. The third kappa shape index (κ3) is 7.82. The van der Waals surface area contributed by atoms with Crippen molar-refractivity contribution in [1.82, 2.24) is 0 Å². The lowest BCUT2D eigenvalue weighted by Crippen LogP contribution is -2.61. The molecule has 522 valence electrons. The molecule has 0 saturated heterocycles. The molecule has 112 heavy (non-hydrogen) atoms. The minimum atomic E-state index is -0.468. The molecule has 8 nitrogen and oxygen atoms in total. The highest BCUT2D eigenvalue weighted by molar-refractivity contribution is 7.01. The molecule has 0 amide bonds. The Kier molecular flexibility index (Phi) is 11.7. The van der Waals surface area contributed by atoms with Gasteiger partial charge >= 0.3 is 0 Å². The van der Waals surface area contributed by atoms with E-state index in [4.69, 9.17) is 17.7 Å². The minimum absolute atomic E-state index is 0.0230. The van der Waals surface area contributed by atoms with Gasteiger partial charge in [0.2, 0.25) is 0 Å². The second-order valence-corrected chi connectivity index (χ2v) is 32.5. The molecule has 0 N–H and O–H groups in total. The first kappa shape index (κ1) is 61.0. The average Bonchev–Trinajstić information content (AvgIpc) is 1.71. The maximum atomic E-state index is 7.34. The smallest absolute Gasteiger partial charge is 0.252 e. The number of hydrogen-bond donors (Lipinski definition) is 0. The van der Waals surface area contributed by atoms with E-state index >= 15 is 0 Å². The van der Waals surface area contributed by atoms with Gasteiger partial charge in [-0.15, -0.1) is 0 Å². The number of hydrogen-bond acceptors (Lipinski definition) is 8. The van der Waals surface area contributed by atoms with Crippen molar-refractivity contribution >= 4 is 202 Å². The van der Waals surface area contributed by atoms with Crippen LogP contribution in [0.5, 0.6) is 0 Å². The zero-order chi connectivity index (χ0) is 73.5. The van der Waals surface area contributed by atoms with E-state index in [1.54, 1.807) is 0 Å². The summed E-state index contributed by atoms with van der Waals surface area (Å²) in [5.41, 5.74) is 39.6. The van der Waals surface area contributed by atoms with Gasteiger partial charge in [0.15, 0.2) is 11.2 Å². The lowest BCUT2D eigenvalue weighted by Gasteiger charge is -2.44. The van der Waals surface area contributed by atoms with Gasteiger partial charge in [0.05, 0.1) is 11.4 Å². The van der Waals surface area contributed by atoms with E-state index < -0.39 is 5.41 Å². The number of para-hydroxylation sites is 7. The summed E-state index contributed by atoms with van der Waals surface area (Å²) < 4.78 is 28.0. The summed E-state index contributed by atoms with van der Waals surface area (Å²) in [5, 5.41) is 8.73. The van der Waals surface area contributed by atoms with E-state index in [9.17, 15) is 0 Å². The number of benzene rings is 16. The van der Waals surface area contributed by atoms with Gasteiger partial charge in [-0.1, -0.05) is 204 Å². The Labute approximate surface area is 645 Å². The number of fused-ring (bicyclic) bond motifs is 26. The van der Waals surface area contributed by atoms with Crippen LogP contribution < -0.4 is 52.4 Å². The third-order valence-corrected chi connectivity index (χ3v) is 26.2. The van der Waals surface area contributed by atoms with Crippen LogP contribution >= 0.6 is 0 Å². The molecular formula is C102H64B2N4O4. The molecule has 26 rings (SSSR count). The summed E-state index contributed by atoms with van der Waals surface area (Å²) in [4.78, 5) is 9.99. The molecule has 4 aromatic heterocycles. The maximum Gasteiger partial charge on any atom is 0.252 e. The largest absolute Gasteiger partial charge is 0.456 e. The molecular weight excluding hydrogens is 1370 g/mol. The second-order valence-electron chi connectivity index (χ2n) is 32.5. The predicted octanol–water partition coefficient (Wildman–Crippen LogP) is 23.7. The Bertz CT molecular complexity index is 7680. The summed E-state index contributed by atoms with van der Waals surface area (Å²) in [5.74, 6) is 0. The standard InChI is InChI=1S/C102H64B2N4O4/c1-101(2)73-26-8-5-22-61(73)67-54-70-65-25-19-39-88(99(65)112-94(70)56-75(67)101)107-82-33-15-11-29-78(82)103-76-27-9-13-31-80(76)105(84-35-20-37-86(107)96(84)103)60-45-49-92-69(53-60)64-46-42-58(51-93(64)110-92)57-43-47-74-66(50-57)71-55-72-63-24-7-18-41-90(63)111-100(72)98(95(71)102(74,3)4)108-83-34-16-12-30-79(83)104-77-28-10-14-32-81(77)106(85-36-21-38-87(108)97(85)104)59-44-48-91-68(52-59)62-23-6-17-40-89(62)109-91/h5-56H,1-4H3. The average molecular weight is 1430 g/mol. The van der Waals surface area contributed by atoms with Crippen molar-refractivity contribution in [2.75, 3.05) is 19.6 Å². The Morgan fingerprint density at radius 1 is 0.241 bits per heavy atom. The summed E-state index contributed by atoms with van der Waals surface area (Å²) in [6, 6.07) is 117. The molecule has 0 radical (unpaired) electrons. The summed E-state index contributed by atoms with van der Waals surface area (Å²) >= 11 is 0. The van der Waals surface area contributed by atoms with Gasteiger partial charge < -0.3 is 37.3 Å². The highest BCUT2D eigenvalue weighted by Crippen LogP contribution is 2.60. The van der Waals surface area contributed by atoms with Gasteiger partial charge in [-0.05, 0) is 228 Å². The normalized spacial score (nSPS) is 14.8. The zero-order valence-corrected chi connectivity index (χ0v) is 61.6. The van der Waals surface area contributed by atoms with Crippen LogP contribution in [0.4, 0.5) is 68.2 Å². The predicted molar refractivity (Wildman–Crippen MR) is 464 cm³/mol. The molecule has 16 aromatic carbocycles. The second kappa shape index (κ2) is 21.5. The monoisotopic (exact) mass is 1430 g/mol. The van der Waals surface area contributed by atoms with Crippen molar-refractivity contribution in [2.45, 2.75) is 38.5 Å². The van der Waals surface area contributed by atoms with E-state index in [0.29, 0.717) is 0 Å². The van der Waals surface area contributed by atoms with Crippen LogP contribution in [0, 0.1) is 0 Å². The van der Waals surface area contributed by atoms with Crippen molar-refractivity contribution in [3.8, 4) is 33.4 Å². The first-order valence-corrected chi connectivity index (χ1v) is 39.0. The molecule has 0 bridgehead atoms. The van der Waals surface area contributed by atoms with Crippen LogP contribution in [-0.2, 0) is 10.8 Å². The molecule has 4 aliphatic heterocycles. The first-order chi connectivity index (χ1) is 55.1. The van der Waals surface area contributed by atoms with Gasteiger partial charge in [-0.25, -0.2) is 0 Å². The lowest BCUT2D eigenvalue weighted by molar-refractivity contribution is 0.647. The fraction of sp³-hybridized carbons (Fsp3) is 0.0588. The van der Waals surface area contributed by atoms with Gasteiger partial charge in [-0.3, -0.25) is 0 Å². The van der Waals surface area contributed by atoms with Crippen LogP contribution in [0.3, 0.4) is 0 Å². The first-order valence-electron chi connectivity index (χ1n) is 39.0. The van der Waals surface area contributed by atoms with Crippen LogP contribution in [0.15, 0.2) is 333 Å². The van der Waals surface area contributed by atoms with Crippen molar-refractivity contribution in [3.63, 3.8) is 0 Å². The molecule has 0 saturated carbocycles. The van der Waals surface area contributed by atoms with Crippen LogP contribution in [0.25, 0.3) is 121 Å². The van der Waals surface area contributed by atoms with Crippen molar-refractivity contribution in [1.29, 1.82) is 0 Å². The Morgan fingerprint density at radius 3 is 1.33 bits per heavy atom. The summed E-state index contributed by atoms with van der Waals surface area (Å²) in [6.45, 7) is 9.42. The fourth-order valence-corrected chi connectivity index (χ4v) is 21.3. The number of furan rings is 4. The molecule has 8 heterocycles. The van der Waals surface area contributed by atoms with E-state index in [2.05, 4.69) is 357 Å². The van der Waals surface area contributed by atoms with Gasteiger partial charge in [-0.2, -0.15) is 0 Å². The summed E-state index contributed by atoms with van der Waals surface area (Å²) in [7, 11) is 0. The van der Waals surface area contributed by atoms with Gasteiger partial charge in [0.1, 0.15) is 33.5 Å². The molecule has 0 spiro atoms. The highest BCUT2D eigenvalue weighted by Gasteiger charge is 2.49. The molecule has 0 atom stereocenters. The van der Waals surface area contributed by atoms with E-state index in [0.717, 1.165) is 167 Å². The SMILES string of the molecule is CC1(C)c2ccccc2-c2cc3c(cc21)oc1c(N2c4ccccc4B4c5ccccc5N(c5ccc6oc7cc(-c8ccc9c(c8)-c8cc%10c(oc%11ccccc%11%10)c(N%10c%11ccccc%11B%11c%12ccccc%12N(c%12ccc%13oc%14ccccc%14c%13c%12)c%12cccc%10c%12%11)c8C9(C)C)ccc7c6c5)c5cccc2c54)cccc13. The minimum Gasteiger partial charge on any atom is -0.456 e. The molecule has 10 heteroatoms. The van der Waals surface area contributed by atoms with Crippen LogP contribution in [-0.4, -0.2) is 13.4 Å². The van der Waals surface area contributed by atoms with E-state index in [1.807, 2.05) is 6.07 Å². The van der Waals surface area contributed by atoms with Crippen LogP contribution in [0.2, 0.25) is 0 Å². The summed E-state index contributed by atoms with van der Waals surface area (Å²) in [6.07, 6.45) is 0. The van der Waals surface area contributed by atoms with Crippen molar-refractivity contribution in [3.05, 3.63) is 338 Å². The maximum absolute atomic E-state index is 7.34. The van der Waals surface area contributed by atoms with Gasteiger partial charge in [0, 0.05) is 111 Å². The number of nitrogens with zero attached hydrogens (tertiary/aromatic N) is 4. The van der Waals surface area contributed by atoms with E-state index in [1.165, 1.54) is 77.3 Å². The number of rotatable bonds is 5. The molecule has 0 unspecified atom stereocenters. The molecule has 0 fully saturated rings. The highest BCUT2D eigenvalue weighted by atomic mass is 16.3. The quantitative estimate of drug-likeness (QED) is 0.158. The molecule has 20 aromatic rings. The van der Waals surface area contributed by atoms with Gasteiger partial charge in [0.25, 0.3) is 13.4 Å². The van der Waals surface area contributed by atoms with Crippen molar-refractivity contribution in [2.24, 2.45) is 0 Å². The Morgan fingerprint density at radius 2 is 0.670 bits per heavy atom. The Hall–Kier alpha value is -14.0. The molecule has 6 aliphatic rings. The molecule has 2 aliphatic carbocycles. The lowest BCUT2D eigenvalue weighted by atomic mass is 9.33. The fourth-order valence-electron chi connectivity index (χ4n) is 21.3. The van der Waals surface area contributed by atoms with E-state index in [-0.39, 0.29) is 18.8 Å². The Balaban J connectivity index is 0.599. The van der Waals surface area contributed by atoms with Crippen LogP contribution in [0.1, 0.15) is 49.9 Å². The topological polar surface area (TPSA) is 65.5 Å². The van der Waals surface area contributed by atoms with Crippen molar-refractivity contribution < 1.29 is 17.7 Å². The third-order valence-electron chi connectivity index (χ3n) is 26.2. The number of anilines is 12.